The van der Waals surface area contributed by atoms with E-state index >= 15 is 0 Å². The average Bonchev–Trinajstić information content (AvgIpc) is 2.92. The van der Waals surface area contributed by atoms with Gasteiger partial charge in [0.15, 0.2) is 0 Å². The molecule has 41 heavy (non-hydrogen) atoms. The molecule has 3 aromatic rings. The monoisotopic (exact) mass is 578 g/mol. The van der Waals surface area contributed by atoms with Crippen LogP contribution in [-0.4, -0.2) is 60.5 Å². The summed E-state index contributed by atoms with van der Waals surface area (Å²) >= 11 is 0. The van der Waals surface area contributed by atoms with Crippen LogP contribution in [0.25, 0.3) is 11.1 Å². The molecule has 1 aliphatic heterocycles. The second-order valence-electron chi connectivity index (χ2n) is 10.3. The molecular weight excluding hydrogens is 546 g/mol. The number of amides is 1. The smallest absolute Gasteiger partial charge is 0.354 e. The van der Waals surface area contributed by atoms with Crippen molar-refractivity contribution in [2.45, 2.75) is 39.2 Å². The van der Waals surface area contributed by atoms with E-state index in [0.717, 1.165) is 55.2 Å². The highest BCUT2D eigenvalue weighted by Crippen LogP contribution is 2.37. The Balaban J connectivity index is 1.67. The second-order valence-corrected chi connectivity index (χ2v) is 10.3. The third-order valence-electron chi connectivity index (χ3n) is 7.21. The molecule has 0 unspecified atom stereocenters. The first-order valence-electron chi connectivity index (χ1n) is 13.3. The van der Waals surface area contributed by atoms with E-state index in [2.05, 4.69) is 21.7 Å². The Kier molecular flexibility index (Phi) is 8.96. The molecule has 1 fully saturated rings. The first kappa shape index (κ1) is 30.4. The number of carbonyl (C=O) groups is 1. The van der Waals surface area contributed by atoms with Crippen LogP contribution in [0.4, 0.5) is 32.2 Å². The topological polar surface area (TPSA) is 39.7 Å². The second kappa shape index (κ2) is 12.1. The predicted molar refractivity (Wildman–Crippen MR) is 146 cm³/mol. The number of aryl methyl sites for hydroxylation is 1. The lowest BCUT2D eigenvalue weighted by molar-refractivity contribution is -0.143. The van der Waals surface area contributed by atoms with Crippen LogP contribution in [0, 0.1) is 6.92 Å². The summed E-state index contributed by atoms with van der Waals surface area (Å²) in [7, 11) is 1.35. The minimum Gasteiger partial charge on any atom is -0.354 e. The zero-order chi connectivity index (χ0) is 29.9. The van der Waals surface area contributed by atoms with Crippen molar-refractivity contribution in [2.75, 3.05) is 44.7 Å². The van der Waals surface area contributed by atoms with Crippen molar-refractivity contribution in [3.05, 3.63) is 82.5 Å². The van der Waals surface area contributed by atoms with Crippen LogP contribution in [0.5, 0.6) is 0 Å². The lowest BCUT2D eigenvalue weighted by atomic mass is 9.96. The van der Waals surface area contributed by atoms with Gasteiger partial charge in [-0.25, -0.2) is 4.98 Å². The minimum absolute atomic E-state index is 0.0757. The molecule has 1 aliphatic rings. The molecule has 5 nitrogen and oxygen atoms in total. The van der Waals surface area contributed by atoms with Crippen molar-refractivity contribution in [3.63, 3.8) is 0 Å². The van der Waals surface area contributed by atoms with E-state index in [1.807, 2.05) is 37.3 Å². The Hall–Kier alpha value is -3.60. The summed E-state index contributed by atoms with van der Waals surface area (Å²) in [5, 5.41) is 0. The quantitative estimate of drug-likeness (QED) is 0.286. The number of carbonyl (C=O) groups excluding carboxylic acids is 1. The first-order valence-corrected chi connectivity index (χ1v) is 13.3. The average molecular weight is 579 g/mol. The van der Waals surface area contributed by atoms with Gasteiger partial charge in [-0.2, -0.15) is 26.3 Å². The maximum absolute atomic E-state index is 13.6. The molecule has 1 saturated heterocycles. The van der Waals surface area contributed by atoms with Crippen molar-refractivity contribution < 1.29 is 31.1 Å². The molecule has 1 aromatic heterocycles. The van der Waals surface area contributed by atoms with E-state index in [-0.39, 0.29) is 17.2 Å². The Bertz CT molecular complexity index is 1350. The number of nitrogens with zero attached hydrogens (tertiary/aromatic N) is 4. The number of aromatic nitrogens is 1. The van der Waals surface area contributed by atoms with Gasteiger partial charge in [0.1, 0.15) is 5.82 Å². The van der Waals surface area contributed by atoms with Crippen molar-refractivity contribution in [1.82, 2.24) is 14.8 Å². The zero-order valence-electron chi connectivity index (χ0n) is 23.1. The molecule has 0 radical (unpaired) electrons. The third-order valence-corrected chi connectivity index (χ3v) is 7.21. The zero-order valence-corrected chi connectivity index (χ0v) is 23.1. The molecule has 1 amide bonds. The van der Waals surface area contributed by atoms with Gasteiger partial charge < -0.3 is 9.80 Å². The van der Waals surface area contributed by atoms with E-state index in [1.54, 1.807) is 0 Å². The highest BCUT2D eigenvalue weighted by atomic mass is 19.4. The molecule has 0 saturated carbocycles. The van der Waals surface area contributed by atoms with Gasteiger partial charge in [0.2, 0.25) is 0 Å². The highest BCUT2D eigenvalue weighted by molar-refractivity contribution is 6.01. The van der Waals surface area contributed by atoms with Crippen LogP contribution in [-0.2, 0) is 18.9 Å². The standard InChI is InChI=1S/C30H32F6N4O/c1-4-9-39-10-12-40(13-11-39)27-17-25(24-8-6-5-7-20(24)2)26(18-37-27)28(41)38(3)19-21-14-22(29(31,32)33)16-23(15-21)30(34,35)36/h5-8,14-18H,4,9-13,19H2,1-3H3. The maximum Gasteiger partial charge on any atom is 0.416 e. The van der Waals surface area contributed by atoms with Gasteiger partial charge in [-0.05, 0) is 66.4 Å². The fraction of sp³-hybridized carbons (Fsp3) is 0.400. The van der Waals surface area contributed by atoms with Gasteiger partial charge >= 0.3 is 12.4 Å². The molecule has 0 atom stereocenters. The number of hydrogen-bond acceptors (Lipinski definition) is 4. The molecule has 2 aromatic carbocycles. The van der Waals surface area contributed by atoms with E-state index < -0.39 is 35.9 Å². The van der Waals surface area contributed by atoms with Crippen molar-refractivity contribution in [3.8, 4) is 11.1 Å². The molecular formula is C30H32F6N4O. The highest BCUT2D eigenvalue weighted by Gasteiger charge is 2.37. The minimum atomic E-state index is -4.97. The van der Waals surface area contributed by atoms with Gasteiger partial charge in [-0.3, -0.25) is 9.69 Å². The fourth-order valence-corrected chi connectivity index (χ4v) is 5.06. The summed E-state index contributed by atoms with van der Waals surface area (Å²) in [6.45, 7) is 7.90. The summed E-state index contributed by atoms with van der Waals surface area (Å²) < 4.78 is 80.2. The van der Waals surface area contributed by atoms with Crippen molar-refractivity contribution >= 4 is 11.7 Å². The molecule has 0 N–H and O–H groups in total. The lowest BCUT2D eigenvalue weighted by Crippen LogP contribution is -2.46. The van der Waals surface area contributed by atoms with Gasteiger partial charge in [0.05, 0.1) is 16.7 Å². The van der Waals surface area contributed by atoms with E-state index in [0.29, 0.717) is 23.5 Å². The van der Waals surface area contributed by atoms with Gasteiger partial charge in [0.25, 0.3) is 5.91 Å². The van der Waals surface area contributed by atoms with Crippen LogP contribution in [0.2, 0.25) is 0 Å². The third kappa shape index (κ3) is 7.19. The van der Waals surface area contributed by atoms with Gasteiger partial charge in [0, 0.05) is 46.0 Å². The van der Waals surface area contributed by atoms with Crippen LogP contribution in [0.1, 0.15) is 46.0 Å². The van der Waals surface area contributed by atoms with E-state index in [9.17, 15) is 31.1 Å². The first-order chi connectivity index (χ1) is 19.3. The number of piperazine rings is 1. The van der Waals surface area contributed by atoms with Crippen LogP contribution in [0.3, 0.4) is 0 Å². The Morgan fingerprint density at radius 1 is 0.902 bits per heavy atom. The van der Waals surface area contributed by atoms with Crippen LogP contribution >= 0.6 is 0 Å². The van der Waals surface area contributed by atoms with Crippen LogP contribution in [0.15, 0.2) is 54.7 Å². The van der Waals surface area contributed by atoms with Crippen molar-refractivity contribution in [1.29, 1.82) is 0 Å². The molecule has 2 heterocycles. The van der Waals surface area contributed by atoms with Crippen LogP contribution < -0.4 is 4.90 Å². The molecule has 0 spiro atoms. The molecule has 0 aliphatic carbocycles. The fourth-order valence-electron chi connectivity index (χ4n) is 5.06. The molecule has 0 bridgehead atoms. The van der Waals surface area contributed by atoms with Gasteiger partial charge in [-0.15, -0.1) is 0 Å². The molecule has 220 valence electrons. The van der Waals surface area contributed by atoms with E-state index in [1.165, 1.54) is 13.2 Å². The lowest BCUT2D eigenvalue weighted by Gasteiger charge is -2.35. The number of alkyl halides is 6. The van der Waals surface area contributed by atoms with Gasteiger partial charge in [-0.1, -0.05) is 31.2 Å². The summed E-state index contributed by atoms with van der Waals surface area (Å²) in [5.41, 5.74) is -0.630. The number of pyridine rings is 1. The Morgan fingerprint density at radius 2 is 1.51 bits per heavy atom. The SMILES string of the molecule is CCCN1CCN(c2cc(-c3ccccc3C)c(C(=O)N(C)Cc3cc(C(F)(F)F)cc(C(F)(F)F)c3)cn2)CC1. The summed E-state index contributed by atoms with van der Waals surface area (Å²) in [4.78, 5) is 23.8. The summed E-state index contributed by atoms with van der Waals surface area (Å²) in [6.07, 6.45) is -7.43. The number of halogens is 6. The summed E-state index contributed by atoms with van der Waals surface area (Å²) in [6, 6.07) is 10.7. The van der Waals surface area contributed by atoms with Crippen molar-refractivity contribution in [2.24, 2.45) is 0 Å². The normalized spacial score (nSPS) is 14.8. The maximum atomic E-state index is 13.6. The van der Waals surface area contributed by atoms with E-state index in [4.69, 9.17) is 0 Å². The molecule has 11 heteroatoms. The number of rotatable bonds is 7. The number of hydrogen-bond donors (Lipinski definition) is 0. The number of benzene rings is 2. The largest absolute Gasteiger partial charge is 0.416 e. The summed E-state index contributed by atoms with van der Waals surface area (Å²) in [5.74, 6) is 0.132. The number of anilines is 1. The molecule has 4 rings (SSSR count). The Morgan fingerprint density at radius 3 is 2.07 bits per heavy atom. The predicted octanol–water partition coefficient (Wildman–Crippen LogP) is 6.90. The Labute approximate surface area is 235 Å².